The van der Waals surface area contributed by atoms with Crippen LogP contribution in [0, 0.1) is 0 Å². The first-order chi connectivity index (χ1) is 8.84. The number of H-pyrrole nitrogens is 1. The smallest absolute Gasteiger partial charge is 0.179 e. The fourth-order valence-electron chi connectivity index (χ4n) is 2.26. The first-order valence-electron chi connectivity index (χ1n) is 5.78. The largest absolute Gasteiger partial charge is 0.355 e. The van der Waals surface area contributed by atoms with Crippen molar-refractivity contribution in [3.63, 3.8) is 0 Å². The fraction of sp³-hybridized carbons (Fsp3) is 0.500. The molecule has 1 fully saturated rings. The van der Waals surface area contributed by atoms with Gasteiger partial charge in [0.15, 0.2) is 5.82 Å². The Morgan fingerprint density at radius 2 is 2.39 bits per heavy atom. The van der Waals surface area contributed by atoms with Gasteiger partial charge in [-0.15, -0.1) is 10.2 Å². The zero-order valence-electron chi connectivity index (χ0n) is 9.62. The van der Waals surface area contributed by atoms with Gasteiger partial charge in [0.2, 0.25) is 0 Å². The Balaban J connectivity index is 1.81. The molecule has 0 unspecified atom stereocenters. The van der Waals surface area contributed by atoms with Crippen molar-refractivity contribution in [2.75, 3.05) is 18.0 Å². The molecule has 1 saturated heterocycles. The molecule has 7 nitrogen and oxygen atoms in total. The van der Waals surface area contributed by atoms with Gasteiger partial charge in [0.25, 0.3) is 0 Å². The third-order valence-corrected chi connectivity index (χ3v) is 3.66. The number of hydrogen-bond donors (Lipinski definition) is 1. The van der Waals surface area contributed by atoms with Crippen molar-refractivity contribution in [2.45, 2.75) is 18.8 Å². The predicted octanol–water partition coefficient (Wildman–Crippen LogP) is 1.14. The Morgan fingerprint density at radius 3 is 3.17 bits per heavy atom. The lowest BCUT2D eigenvalue weighted by Gasteiger charge is -2.32. The molecule has 1 N–H and O–H groups in total. The van der Waals surface area contributed by atoms with Gasteiger partial charge >= 0.3 is 0 Å². The molecule has 2 aromatic heterocycles. The fourth-order valence-corrected chi connectivity index (χ4v) is 2.73. The van der Waals surface area contributed by atoms with Crippen LogP contribution in [0.2, 0.25) is 0 Å². The summed E-state index contributed by atoms with van der Waals surface area (Å²) in [4.78, 5) is 10.5. The molecule has 1 atom stereocenters. The Hall–Kier alpha value is -1.57. The van der Waals surface area contributed by atoms with Crippen LogP contribution in [0.15, 0.2) is 17.0 Å². The molecule has 0 saturated carbocycles. The first kappa shape index (κ1) is 11.5. The Morgan fingerprint density at radius 1 is 1.44 bits per heavy atom. The van der Waals surface area contributed by atoms with Crippen LogP contribution in [0.1, 0.15) is 24.6 Å². The first-order valence-corrected chi connectivity index (χ1v) is 6.57. The van der Waals surface area contributed by atoms with E-state index in [1.165, 1.54) is 0 Å². The number of tetrazole rings is 1. The minimum Gasteiger partial charge on any atom is -0.355 e. The molecular formula is C10H12BrN7. The van der Waals surface area contributed by atoms with Crippen LogP contribution in [0.4, 0.5) is 5.82 Å². The van der Waals surface area contributed by atoms with E-state index in [1.807, 2.05) is 0 Å². The van der Waals surface area contributed by atoms with Gasteiger partial charge in [0, 0.05) is 25.2 Å². The summed E-state index contributed by atoms with van der Waals surface area (Å²) in [5, 5.41) is 14.3. The van der Waals surface area contributed by atoms with E-state index >= 15 is 0 Å². The van der Waals surface area contributed by atoms with Crippen molar-refractivity contribution in [1.82, 2.24) is 30.6 Å². The minimum absolute atomic E-state index is 0.305. The average Bonchev–Trinajstić information content (AvgIpc) is 2.93. The Labute approximate surface area is 112 Å². The Kier molecular flexibility index (Phi) is 3.18. The van der Waals surface area contributed by atoms with Gasteiger partial charge in [0.1, 0.15) is 12.1 Å². The number of rotatable bonds is 2. The maximum atomic E-state index is 4.32. The zero-order chi connectivity index (χ0) is 12.4. The number of anilines is 1. The van der Waals surface area contributed by atoms with Crippen LogP contribution in [0.3, 0.4) is 0 Å². The zero-order valence-corrected chi connectivity index (χ0v) is 11.2. The summed E-state index contributed by atoms with van der Waals surface area (Å²) in [5.41, 5.74) is 0. The molecule has 1 aliphatic rings. The summed E-state index contributed by atoms with van der Waals surface area (Å²) in [6, 6.07) is 0. The topological polar surface area (TPSA) is 83.5 Å². The molecule has 3 heterocycles. The van der Waals surface area contributed by atoms with E-state index < -0.39 is 0 Å². The molecule has 3 rings (SSSR count). The van der Waals surface area contributed by atoms with Crippen molar-refractivity contribution < 1.29 is 0 Å². The van der Waals surface area contributed by atoms with Gasteiger partial charge in [0.05, 0.1) is 4.47 Å². The highest BCUT2D eigenvalue weighted by atomic mass is 79.9. The van der Waals surface area contributed by atoms with Crippen LogP contribution in [0.25, 0.3) is 0 Å². The highest BCUT2D eigenvalue weighted by molar-refractivity contribution is 9.10. The second-order valence-corrected chi connectivity index (χ2v) is 5.10. The normalized spacial score (nSPS) is 20.1. The molecule has 0 aliphatic carbocycles. The molecule has 0 radical (unpaired) electrons. The maximum Gasteiger partial charge on any atom is 0.179 e. The van der Waals surface area contributed by atoms with Crippen LogP contribution in [-0.2, 0) is 0 Å². The second kappa shape index (κ2) is 4.97. The third-order valence-electron chi connectivity index (χ3n) is 3.10. The molecule has 0 amide bonds. The lowest BCUT2D eigenvalue weighted by Crippen LogP contribution is -2.35. The number of aromatic nitrogens is 6. The number of halogens is 1. The molecule has 0 aromatic carbocycles. The van der Waals surface area contributed by atoms with E-state index in [2.05, 4.69) is 51.4 Å². The standard InChI is InChI=1S/C10H12BrN7/c11-8-4-12-6-13-10(8)18-3-1-2-7(5-18)9-14-16-17-15-9/h4,6-7H,1-3,5H2,(H,14,15,16,17)/t7-/m0/s1. The molecule has 2 aromatic rings. The number of nitrogens with zero attached hydrogens (tertiary/aromatic N) is 6. The molecule has 94 valence electrons. The number of nitrogens with one attached hydrogen (secondary N) is 1. The number of aromatic amines is 1. The second-order valence-electron chi connectivity index (χ2n) is 4.25. The van der Waals surface area contributed by atoms with Crippen LogP contribution < -0.4 is 4.90 Å². The van der Waals surface area contributed by atoms with E-state index in [0.717, 1.165) is 42.0 Å². The molecule has 0 bridgehead atoms. The van der Waals surface area contributed by atoms with E-state index in [1.54, 1.807) is 12.5 Å². The van der Waals surface area contributed by atoms with E-state index in [0.29, 0.717) is 5.92 Å². The van der Waals surface area contributed by atoms with Crippen molar-refractivity contribution in [3.05, 3.63) is 22.8 Å². The monoisotopic (exact) mass is 309 g/mol. The van der Waals surface area contributed by atoms with E-state index in [4.69, 9.17) is 0 Å². The van der Waals surface area contributed by atoms with Gasteiger partial charge in [-0.2, -0.15) is 5.21 Å². The lowest BCUT2D eigenvalue weighted by atomic mass is 9.97. The lowest BCUT2D eigenvalue weighted by molar-refractivity contribution is 0.488. The van der Waals surface area contributed by atoms with E-state index in [-0.39, 0.29) is 0 Å². The van der Waals surface area contributed by atoms with Gasteiger partial charge in [-0.1, -0.05) is 5.21 Å². The summed E-state index contributed by atoms with van der Waals surface area (Å²) in [6.07, 6.45) is 5.51. The predicted molar refractivity (Wildman–Crippen MR) is 68.1 cm³/mol. The summed E-state index contributed by atoms with van der Waals surface area (Å²) in [5.74, 6) is 2.02. The molecule has 0 spiro atoms. The van der Waals surface area contributed by atoms with Crippen molar-refractivity contribution >= 4 is 21.7 Å². The molecule has 1 aliphatic heterocycles. The van der Waals surface area contributed by atoms with E-state index in [9.17, 15) is 0 Å². The quantitative estimate of drug-likeness (QED) is 0.895. The SMILES string of the molecule is Brc1cncnc1N1CCC[C@H](c2nn[nH]n2)C1. The highest BCUT2D eigenvalue weighted by Gasteiger charge is 2.26. The maximum absolute atomic E-state index is 4.32. The van der Waals surface area contributed by atoms with Gasteiger partial charge in [-0.3, -0.25) is 0 Å². The Bertz CT molecular complexity index is 515. The number of hydrogen-bond acceptors (Lipinski definition) is 6. The highest BCUT2D eigenvalue weighted by Crippen LogP contribution is 2.30. The van der Waals surface area contributed by atoms with Crippen molar-refractivity contribution in [1.29, 1.82) is 0 Å². The third kappa shape index (κ3) is 2.20. The average molecular weight is 310 g/mol. The van der Waals surface area contributed by atoms with Gasteiger partial charge in [-0.25, -0.2) is 9.97 Å². The molecule has 18 heavy (non-hydrogen) atoms. The van der Waals surface area contributed by atoms with Gasteiger partial charge in [-0.05, 0) is 28.8 Å². The minimum atomic E-state index is 0.305. The van der Waals surface area contributed by atoms with Crippen molar-refractivity contribution in [2.24, 2.45) is 0 Å². The summed E-state index contributed by atoms with van der Waals surface area (Å²) in [7, 11) is 0. The molecule has 8 heteroatoms. The van der Waals surface area contributed by atoms with Crippen LogP contribution in [-0.4, -0.2) is 43.7 Å². The summed E-state index contributed by atoms with van der Waals surface area (Å²) < 4.78 is 0.916. The molecular weight excluding hydrogens is 298 g/mol. The summed E-state index contributed by atoms with van der Waals surface area (Å²) >= 11 is 3.48. The van der Waals surface area contributed by atoms with Crippen molar-refractivity contribution in [3.8, 4) is 0 Å². The van der Waals surface area contributed by atoms with Gasteiger partial charge < -0.3 is 4.90 Å². The van der Waals surface area contributed by atoms with Crippen LogP contribution in [0.5, 0.6) is 0 Å². The van der Waals surface area contributed by atoms with Crippen LogP contribution >= 0.6 is 15.9 Å². The number of piperidine rings is 1. The summed E-state index contributed by atoms with van der Waals surface area (Å²) in [6.45, 7) is 1.85.